The fraction of sp³-hybridized carbons (Fsp3) is 0.250. The maximum absolute atomic E-state index is 9.23. The molecule has 0 fully saturated rings. The second kappa shape index (κ2) is 4.73. The third-order valence-corrected chi connectivity index (χ3v) is 2.73. The van der Waals surface area contributed by atoms with Crippen molar-refractivity contribution in [3.63, 3.8) is 0 Å². The minimum atomic E-state index is -1.42. The van der Waals surface area contributed by atoms with Gasteiger partial charge in [0.2, 0.25) is 0 Å². The summed E-state index contributed by atoms with van der Waals surface area (Å²) in [7, 11) is -1.42. The van der Waals surface area contributed by atoms with E-state index in [0.29, 0.717) is 12.0 Å². The molecule has 2 aromatic rings. The zero-order valence-electron chi connectivity index (χ0n) is 9.96. The molecule has 0 atom stereocenters. The van der Waals surface area contributed by atoms with E-state index >= 15 is 0 Å². The van der Waals surface area contributed by atoms with Gasteiger partial charge in [-0.2, -0.15) is 5.10 Å². The van der Waals surface area contributed by atoms with Gasteiger partial charge < -0.3 is 10.0 Å². The van der Waals surface area contributed by atoms with E-state index in [2.05, 4.69) is 5.10 Å². The van der Waals surface area contributed by atoms with Crippen molar-refractivity contribution in [2.45, 2.75) is 20.4 Å². The van der Waals surface area contributed by atoms with Crippen LogP contribution in [0, 0.1) is 13.8 Å². The summed E-state index contributed by atoms with van der Waals surface area (Å²) in [5.74, 6) is 0. The van der Waals surface area contributed by atoms with Crippen molar-refractivity contribution in [2.24, 2.45) is 0 Å². The number of nitrogens with zero attached hydrogens (tertiary/aromatic N) is 2. The number of aromatic nitrogens is 2. The van der Waals surface area contributed by atoms with E-state index < -0.39 is 7.12 Å². The molecule has 0 bridgehead atoms. The number of benzene rings is 1. The van der Waals surface area contributed by atoms with Crippen LogP contribution in [0.15, 0.2) is 30.6 Å². The van der Waals surface area contributed by atoms with Gasteiger partial charge in [-0.3, -0.25) is 4.68 Å². The van der Waals surface area contributed by atoms with Gasteiger partial charge in [-0.1, -0.05) is 23.8 Å². The zero-order chi connectivity index (χ0) is 12.4. The molecule has 1 aromatic heterocycles. The van der Waals surface area contributed by atoms with Crippen LogP contribution in [-0.2, 0) is 6.54 Å². The lowest BCUT2D eigenvalue weighted by atomic mass is 9.76. The minimum Gasteiger partial charge on any atom is -0.423 e. The smallest absolute Gasteiger partial charge is 0.423 e. The maximum Gasteiger partial charge on any atom is 0.488 e. The monoisotopic (exact) mass is 230 g/mol. The standard InChI is InChI=1S/C12H15BN2O2/c1-9-6-14-15(7-9)8-11-4-3-10(2)12(5-11)13(16)17/h3-7,16-17H,8H2,1-2H3. The van der Waals surface area contributed by atoms with E-state index in [9.17, 15) is 10.0 Å². The van der Waals surface area contributed by atoms with E-state index in [1.54, 1.807) is 12.3 Å². The molecule has 88 valence electrons. The normalized spacial score (nSPS) is 10.6. The maximum atomic E-state index is 9.23. The molecular formula is C12H15BN2O2. The topological polar surface area (TPSA) is 58.3 Å². The Bertz CT molecular complexity index is 523. The molecule has 0 amide bonds. The summed E-state index contributed by atoms with van der Waals surface area (Å²) < 4.78 is 1.83. The molecule has 0 aliphatic heterocycles. The van der Waals surface area contributed by atoms with Gasteiger partial charge in [0, 0.05) is 6.20 Å². The summed E-state index contributed by atoms with van der Waals surface area (Å²) in [6.45, 7) is 4.48. The molecule has 0 aliphatic carbocycles. The number of rotatable bonds is 3. The van der Waals surface area contributed by atoms with Crippen LogP contribution in [0.1, 0.15) is 16.7 Å². The van der Waals surface area contributed by atoms with Gasteiger partial charge >= 0.3 is 7.12 Å². The van der Waals surface area contributed by atoms with Gasteiger partial charge in [-0.25, -0.2) is 0 Å². The van der Waals surface area contributed by atoms with E-state index in [0.717, 1.165) is 16.7 Å². The van der Waals surface area contributed by atoms with Gasteiger partial charge in [0.25, 0.3) is 0 Å². The van der Waals surface area contributed by atoms with Crippen molar-refractivity contribution in [3.05, 3.63) is 47.3 Å². The Hall–Kier alpha value is -1.59. The summed E-state index contributed by atoms with van der Waals surface area (Å²) in [4.78, 5) is 0. The van der Waals surface area contributed by atoms with Crippen LogP contribution in [0.5, 0.6) is 0 Å². The zero-order valence-corrected chi connectivity index (χ0v) is 9.96. The SMILES string of the molecule is Cc1cnn(Cc2ccc(C)c(B(O)O)c2)c1. The summed E-state index contributed by atoms with van der Waals surface area (Å²) in [5.41, 5.74) is 3.54. The highest BCUT2D eigenvalue weighted by atomic mass is 16.4. The van der Waals surface area contributed by atoms with Crippen LogP contribution in [0.2, 0.25) is 0 Å². The van der Waals surface area contributed by atoms with Crippen LogP contribution in [0.3, 0.4) is 0 Å². The summed E-state index contributed by atoms with van der Waals surface area (Å²) in [6.07, 6.45) is 3.75. The molecule has 1 heterocycles. The Morgan fingerprint density at radius 3 is 2.65 bits per heavy atom. The Morgan fingerprint density at radius 1 is 1.29 bits per heavy atom. The molecule has 0 radical (unpaired) electrons. The molecule has 4 nitrogen and oxygen atoms in total. The summed E-state index contributed by atoms with van der Waals surface area (Å²) >= 11 is 0. The van der Waals surface area contributed by atoms with Crippen molar-refractivity contribution in [1.29, 1.82) is 0 Å². The highest BCUT2D eigenvalue weighted by Gasteiger charge is 2.14. The van der Waals surface area contributed by atoms with Gasteiger partial charge in [-0.15, -0.1) is 0 Å². The quantitative estimate of drug-likeness (QED) is 0.742. The Kier molecular flexibility index (Phi) is 3.31. The van der Waals surface area contributed by atoms with Crippen LogP contribution in [0.4, 0.5) is 0 Å². The Balaban J connectivity index is 2.25. The molecule has 0 saturated carbocycles. The third-order valence-electron chi connectivity index (χ3n) is 2.73. The molecule has 5 heteroatoms. The third kappa shape index (κ3) is 2.75. The fourth-order valence-corrected chi connectivity index (χ4v) is 1.81. The highest BCUT2D eigenvalue weighted by Crippen LogP contribution is 2.05. The van der Waals surface area contributed by atoms with Gasteiger partial charge in [-0.05, 0) is 30.4 Å². The molecule has 0 saturated heterocycles. The predicted molar refractivity (Wildman–Crippen MR) is 67.1 cm³/mol. The predicted octanol–water partition coefficient (Wildman–Crippen LogP) is 0.228. The summed E-state index contributed by atoms with van der Waals surface area (Å²) in [5, 5.41) is 22.7. The molecule has 2 N–H and O–H groups in total. The first-order valence-corrected chi connectivity index (χ1v) is 5.51. The lowest BCUT2D eigenvalue weighted by Gasteiger charge is -2.08. The van der Waals surface area contributed by atoms with E-state index in [-0.39, 0.29) is 0 Å². The van der Waals surface area contributed by atoms with Gasteiger partial charge in [0.15, 0.2) is 0 Å². The first-order valence-electron chi connectivity index (χ1n) is 5.51. The second-order valence-corrected chi connectivity index (χ2v) is 4.28. The first kappa shape index (κ1) is 11.9. The average molecular weight is 230 g/mol. The largest absolute Gasteiger partial charge is 0.488 e. The van der Waals surface area contributed by atoms with Crippen LogP contribution >= 0.6 is 0 Å². The molecule has 1 aromatic carbocycles. The second-order valence-electron chi connectivity index (χ2n) is 4.28. The van der Waals surface area contributed by atoms with Crippen molar-refractivity contribution in [3.8, 4) is 0 Å². The molecule has 0 spiro atoms. The van der Waals surface area contributed by atoms with Crippen molar-refractivity contribution in [1.82, 2.24) is 9.78 Å². The van der Waals surface area contributed by atoms with Gasteiger partial charge in [0.05, 0.1) is 12.7 Å². The number of hydrogen-bond donors (Lipinski definition) is 2. The van der Waals surface area contributed by atoms with Crippen LogP contribution < -0.4 is 5.46 Å². The van der Waals surface area contributed by atoms with Crippen molar-refractivity contribution in [2.75, 3.05) is 0 Å². The molecule has 17 heavy (non-hydrogen) atoms. The minimum absolute atomic E-state index is 0.548. The number of hydrogen-bond acceptors (Lipinski definition) is 3. The lowest BCUT2D eigenvalue weighted by molar-refractivity contribution is 0.425. The molecular weight excluding hydrogens is 215 g/mol. The first-order chi connectivity index (χ1) is 8.06. The van der Waals surface area contributed by atoms with Crippen molar-refractivity contribution < 1.29 is 10.0 Å². The Labute approximate surface area is 101 Å². The van der Waals surface area contributed by atoms with E-state index in [4.69, 9.17) is 0 Å². The molecule has 2 rings (SSSR count). The average Bonchev–Trinajstić information content (AvgIpc) is 2.66. The molecule has 0 aliphatic rings. The van der Waals surface area contributed by atoms with E-state index in [1.165, 1.54) is 0 Å². The molecule has 0 unspecified atom stereocenters. The summed E-state index contributed by atoms with van der Waals surface area (Å²) in [6, 6.07) is 5.66. The van der Waals surface area contributed by atoms with Crippen LogP contribution in [0.25, 0.3) is 0 Å². The lowest BCUT2D eigenvalue weighted by Crippen LogP contribution is -2.32. The fourth-order valence-electron chi connectivity index (χ4n) is 1.81. The number of aryl methyl sites for hydroxylation is 2. The van der Waals surface area contributed by atoms with Gasteiger partial charge in [0.1, 0.15) is 0 Å². The Morgan fingerprint density at radius 2 is 2.06 bits per heavy atom. The van der Waals surface area contributed by atoms with E-state index in [1.807, 2.05) is 36.9 Å². The van der Waals surface area contributed by atoms with Crippen LogP contribution in [-0.4, -0.2) is 26.9 Å². The van der Waals surface area contributed by atoms with Crippen molar-refractivity contribution >= 4 is 12.6 Å². The highest BCUT2D eigenvalue weighted by molar-refractivity contribution is 6.59.